The molecule has 3 heterocycles. The Labute approximate surface area is 167 Å². The quantitative estimate of drug-likeness (QED) is 0.683. The monoisotopic (exact) mass is 396 g/mol. The van der Waals surface area contributed by atoms with E-state index in [1.807, 2.05) is 44.3 Å². The second-order valence-corrected chi connectivity index (χ2v) is 7.31. The van der Waals surface area contributed by atoms with E-state index in [1.54, 1.807) is 10.9 Å². The summed E-state index contributed by atoms with van der Waals surface area (Å²) in [6.45, 7) is 5.01. The van der Waals surface area contributed by atoms with Crippen molar-refractivity contribution in [2.45, 2.75) is 38.8 Å². The number of hydrogen-bond acceptors (Lipinski definition) is 6. The highest BCUT2D eigenvalue weighted by molar-refractivity contribution is 5.39. The minimum absolute atomic E-state index is 0.163. The van der Waals surface area contributed by atoms with Gasteiger partial charge >= 0.3 is 11.4 Å². The lowest BCUT2D eigenvalue weighted by atomic mass is 10.1. The molecule has 2 aromatic heterocycles. The van der Waals surface area contributed by atoms with Crippen molar-refractivity contribution in [3.05, 3.63) is 68.8 Å². The second kappa shape index (κ2) is 8.04. The first-order chi connectivity index (χ1) is 14.0. The maximum Gasteiger partial charge on any atom is 0.355 e. The van der Waals surface area contributed by atoms with E-state index < -0.39 is 11.4 Å². The van der Waals surface area contributed by atoms with Crippen LogP contribution in [0.3, 0.4) is 0 Å². The molecule has 29 heavy (non-hydrogen) atoms. The van der Waals surface area contributed by atoms with Crippen LogP contribution in [0.2, 0.25) is 0 Å². The van der Waals surface area contributed by atoms with Crippen LogP contribution in [-0.4, -0.2) is 37.5 Å². The van der Waals surface area contributed by atoms with Crippen LogP contribution in [0.15, 0.2) is 46.2 Å². The largest absolute Gasteiger partial charge is 0.381 e. The van der Waals surface area contributed by atoms with Crippen LogP contribution in [0.5, 0.6) is 0 Å². The van der Waals surface area contributed by atoms with Gasteiger partial charge in [0, 0.05) is 25.5 Å². The van der Waals surface area contributed by atoms with E-state index in [4.69, 9.17) is 4.74 Å². The molecule has 0 radical (unpaired) electrons. The molecule has 9 nitrogen and oxygen atoms in total. The number of aromatic amines is 1. The van der Waals surface area contributed by atoms with Crippen LogP contribution in [-0.2, 0) is 4.74 Å². The number of rotatable bonds is 5. The van der Waals surface area contributed by atoms with Crippen molar-refractivity contribution in [1.29, 1.82) is 0 Å². The molecule has 2 N–H and O–H groups in total. The maximum absolute atomic E-state index is 12.5. The predicted molar refractivity (Wildman–Crippen MR) is 109 cm³/mol. The molecular formula is C20H24N6O3. The molecule has 0 aliphatic carbocycles. The summed E-state index contributed by atoms with van der Waals surface area (Å²) in [5, 5.41) is 7.45. The molecule has 1 aliphatic heterocycles. The first kappa shape index (κ1) is 19.1. The number of anilines is 1. The maximum atomic E-state index is 12.5. The Hall–Kier alpha value is -3.20. The number of aromatic nitrogens is 5. The second-order valence-electron chi connectivity index (χ2n) is 7.31. The summed E-state index contributed by atoms with van der Waals surface area (Å²) in [4.78, 5) is 31.7. The summed E-state index contributed by atoms with van der Waals surface area (Å²) in [6, 6.07) is 7.54. The summed E-state index contributed by atoms with van der Waals surface area (Å²) in [5.41, 5.74) is 1.99. The third kappa shape index (κ3) is 4.14. The zero-order valence-electron chi connectivity index (χ0n) is 16.5. The van der Waals surface area contributed by atoms with Gasteiger partial charge < -0.3 is 10.1 Å². The molecule has 1 aliphatic rings. The van der Waals surface area contributed by atoms with Crippen molar-refractivity contribution in [3.8, 4) is 5.69 Å². The Morgan fingerprint density at radius 3 is 2.76 bits per heavy atom. The van der Waals surface area contributed by atoms with Gasteiger partial charge in [-0.25, -0.2) is 18.8 Å². The molecule has 0 amide bonds. The summed E-state index contributed by atoms with van der Waals surface area (Å²) >= 11 is 0. The van der Waals surface area contributed by atoms with E-state index in [0.29, 0.717) is 26.1 Å². The minimum Gasteiger partial charge on any atom is -0.381 e. The summed E-state index contributed by atoms with van der Waals surface area (Å²) in [5.74, 6) is 0.163. The molecule has 0 saturated carbocycles. The van der Waals surface area contributed by atoms with Gasteiger partial charge in [0.05, 0.1) is 17.9 Å². The fourth-order valence-corrected chi connectivity index (χ4v) is 3.54. The number of ether oxygens (including phenoxy) is 1. The van der Waals surface area contributed by atoms with Gasteiger partial charge in [-0.2, -0.15) is 10.1 Å². The highest BCUT2D eigenvalue weighted by Gasteiger charge is 2.20. The van der Waals surface area contributed by atoms with Crippen LogP contribution in [0.1, 0.15) is 43.0 Å². The lowest BCUT2D eigenvalue weighted by Crippen LogP contribution is -2.42. The number of hydrogen-bond donors (Lipinski definition) is 2. The minimum atomic E-state index is -0.545. The normalized spacial score (nSPS) is 15.9. The molecule has 152 valence electrons. The van der Waals surface area contributed by atoms with Crippen molar-refractivity contribution in [2.24, 2.45) is 0 Å². The Morgan fingerprint density at radius 2 is 2.07 bits per heavy atom. The summed E-state index contributed by atoms with van der Waals surface area (Å²) < 4.78 is 8.30. The molecular weight excluding hydrogens is 372 g/mol. The smallest absolute Gasteiger partial charge is 0.355 e. The van der Waals surface area contributed by atoms with Crippen LogP contribution >= 0.6 is 0 Å². The van der Waals surface area contributed by atoms with Crippen LogP contribution in [0.25, 0.3) is 5.69 Å². The molecule has 0 unspecified atom stereocenters. The van der Waals surface area contributed by atoms with Crippen LogP contribution in [0.4, 0.5) is 5.95 Å². The standard InChI is InChI=1S/C20H24N6O3/c1-13-11-21-25(12-13)17-5-3-4-15(10-17)14(2)22-18-23-19(27)26(20(28)24-18)16-6-8-29-9-7-16/h3-5,10-12,14,16H,6-9H2,1-2H3,(H2,22,23,24,27,28)/t14-/m0/s1. The third-order valence-electron chi connectivity index (χ3n) is 5.11. The molecule has 1 aromatic carbocycles. The topological polar surface area (TPSA) is 107 Å². The Bertz CT molecular complexity index is 1080. The zero-order chi connectivity index (χ0) is 20.4. The molecule has 3 aromatic rings. The third-order valence-corrected chi connectivity index (χ3v) is 5.11. The predicted octanol–water partition coefficient (Wildman–Crippen LogP) is 1.95. The lowest BCUT2D eigenvalue weighted by molar-refractivity contribution is 0.0670. The molecule has 4 rings (SSSR count). The van der Waals surface area contributed by atoms with Gasteiger partial charge in [0.15, 0.2) is 0 Å². The average Bonchev–Trinajstić information content (AvgIpc) is 3.15. The number of nitrogens with one attached hydrogen (secondary N) is 2. The molecule has 0 bridgehead atoms. The van der Waals surface area contributed by atoms with E-state index >= 15 is 0 Å². The van der Waals surface area contributed by atoms with Gasteiger partial charge in [0.25, 0.3) is 0 Å². The molecule has 1 atom stereocenters. The van der Waals surface area contributed by atoms with E-state index in [2.05, 4.69) is 20.4 Å². The number of aryl methyl sites for hydroxylation is 1. The first-order valence-corrected chi connectivity index (χ1v) is 9.70. The van der Waals surface area contributed by atoms with Gasteiger partial charge in [-0.3, -0.25) is 4.98 Å². The highest BCUT2D eigenvalue weighted by Crippen LogP contribution is 2.20. The van der Waals surface area contributed by atoms with Gasteiger partial charge in [0.1, 0.15) is 0 Å². The first-order valence-electron chi connectivity index (χ1n) is 9.70. The Morgan fingerprint density at radius 1 is 1.28 bits per heavy atom. The van der Waals surface area contributed by atoms with Gasteiger partial charge in [0.2, 0.25) is 5.95 Å². The van der Waals surface area contributed by atoms with Gasteiger partial charge in [-0.05, 0) is 49.9 Å². The Kier molecular flexibility index (Phi) is 5.30. The fraction of sp³-hybridized carbons (Fsp3) is 0.400. The molecule has 0 spiro atoms. The number of nitrogens with zero attached hydrogens (tertiary/aromatic N) is 4. The lowest BCUT2D eigenvalue weighted by Gasteiger charge is -2.23. The van der Waals surface area contributed by atoms with Crippen molar-refractivity contribution in [2.75, 3.05) is 18.5 Å². The van der Waals surface area contributed by atoms with Crippen LogP contribution < -0.4 is 16.7 Å². The van der Waals surface area contributed by atoms with Crippen LogP contribution in [0, 0.1) is 6.92 Å². The van der Waals surface area contributed by atoms with E-state index in [-0.39, 0.29) is 18.0 Å². The Balaban J connectivity index is 1.55. The molecule has 9 heteroatoms. The fourth-order valence-electron chi connectivity index (χ4n) is 3.54. The van der Waals surface area contributed by atoms with Gasteiger partial charge in [-0.15, -0.1) is 0 Å². The summed E-state index contributed by atoms with van der Waals surface area (Å²) in [6.07, 6.45) is 5.02. The van der Waals surface area contributed by atoms with Gasteiger partial charge in [-0.1, -0.05) is 12.1 Å². The average molecular weight is 396 g/mol. The van der Waals surface area contributed by atoms with Crippen molar-refractivity contribution < 1.29 is 4.74 Å². The van der Waals surface area contributed by atoms with E-state index in [9.17, 15) is 9.59 Å². The SMILES string of the molecule is Cc1cnn(-c2cccc([C@H](C)Nc3nc(=O)n(C4CCOCC4)c(=O)[nH]3)c2)c1. The summed E-state index contributed by atoms with van der Waals surface area (Å²) in [7, 11) is 0. The highest BCUT2D eigenvalue weighted by atomic mass is 16.5. The van der Waals surface area contributed by atoms with E-state index in [0.717, 1.165) is 16.8 Å². The van der Waals surface area contributed by atoms with Crippen molar-refractivity contribution in [3.63, 3.8) is 0 Å². The van der Waals surface area contributed by atoms with Crippen molar-refractivity contribution in [1.82, 2.24) is 24.3 Å². The molecule has 1 fully saturated rings. The zero-order valence-corrected chi connectivity index (χ0v) is 16.5. The van der Waals surface area contributed by atoms with Crippen molar-refractivity contribution >= 4 is 5.95 Å². The number of H-pyrrole nitrogens is 1. The molecule has 1 saturated heterocycles. The number of benzene rings is 1. The van der Waals surface area contributed by atoms with E-state index in [1.165, 1.54) is 4.57 Å².